The van der Waals surface area contributed by atoms with Crippen molar-refractivity contribution in [2.75, 3.05) is 7.11 Å². The minimum absolute atomic E-state index is 0.0156. The van der Waals surface area contributed by atoms with Crippen LogP contribution in [0, 0.1) is 11.3 Å². The van der Waals surface area contributed by atoms with Crippen molar-refractivity contribution in [2.24, 2.45) is 5.73 Å². The maximum Gasteiger partial charge on any atom is 0.337 e. The van der Waals surface area contributed by atoms with E-state index in [1.165, 1.54) is 7.11 Å². The number of hydrogen-bond donors (Lipinski definition) is 1. The van der Waals surface area contributed by atoms with Crippen LogP contribution in [0.3, 0.4) is 0 Å². The molecular weight excluding hydrogens is 370 g/mol. The summed E-state index contributed by atoms with van der Waals surface area (Å²) in [5, 5.41) is 9.71. The molecule has 29 heavy (non-hydrogen) atoms. The molecule has 2 N–H and O–H groups in total. The Balaban J connectivity index is 2.23. The van der Waals surface area contributed by atoms with E-state index in [1.807, 2.05) is 19.9 Å². The van der Waals surface area contributed by atoms with Gasteiger partial charge in [0, 0.05) is 18.3 Å². The average molecular weight is 393 g/mol. The number of methoxy groups -OCH3 is 1. The van der Waals surface area contributed by atoms with Crippen LogP contribution in [0.25, 0.3) is 0 Å². The van der Waals surface area contributed by atoms with Crippen molar-refractivity contribution in [3.8, 4) is 11.8 Å². The van der Waals surface area contributed by atoms with E-state index in [-0.39, 0.29) is 17.0 Å². The highest BCUT2D eigenvalue weighted by Crippen LogP contribution is 2.40. The first-order valence-electron chi connectivity index (χ1n) is 9.49. The molecule has 0 bridgehead atoms. The third-order valence-electron chi connectivity index (χ3n) is 5.06. The molecule has 1 aliphatic heterocycles. The minimum Gasteiger partial charge on any atom is -0.465 e. The predicted molar refractivity (Wildman–Crippen MR) is 107 cm³/mol. The first-order chi connectivity index (χ1) is 14.0. The Morgan fingerprint density at radius 3 is 2.55 bits per heavy atom. The first-order valence-corrected chi connectivity index (χ1v) is 9.49. The molecule has 1 atom stereocenters. The molecule has 7 nitrogen and oxygen atoms in total. The molecule has 0 saturated heterocycles. The second-order valence-electron chi connectivity index (χ2n) is 6.75. The minimum atomic E-state index is -0.670. The molecule has 0 amide bonds. The van der Waals surface area contributed by atoms with Crippen LogP contribution in [0.5, 0.6) is 5.75 Å². The second-order valence-corrected chi connectivity index (χ2v) is 6.75. The Labute approximate surface area is 169 Å². The molecule has 0 spiro atoms. The molecule has 0 fully saturated rings. The molecule has 1 aromatic heterocycles. The number of ether oxygens (including phenoxy) is 2. The molecule has 2 heterocycles. The molecule has 2 aromatic rings. The van der Waals surface area contributed by atoms with E-state index >= 15 is 0 Å². The van der Waals surface area contributed by atoms with E-state index < -0.39 is 11.9 Å². The van der Waals surface area contributed by atoms with E-state index in [2.05, 4.69) is 6.07 Å². The van der Waals surface area contributed by atoms with Crippen molar-refractivity contribution >= 4 is 5.97 Å². The van der Waals surface area contributed by atoms with E-state index in [0.717, 1.165) is 18.5 Å². The van der Waals surface area contributed by atoms with Gasteiger partial charge >= 0.3 is 5.97 Å². The van der Waals surface area contributed by atoms with Crippen LogP contribution in [-0.2, 0) is 17.7 Å². The topological polar surface area (TPSA) is 107 Å². The lowest BCUT2D eigenvalue weighted by atomic mass is 9.83. The number of benzene rings is 1. The fourth-order valence-electron chi connectivity index (χ4n) is 3.69. The summed E-state index contributed by atoms with van der Waals surface area (Å²) in [6.45, 7) is 4.46. The molecule has 7 heteroatoms. The molecule has 3 rings (SSSR count). The van der Waals surface area contributed by atoms with Crippen molar-refractivity contribution in [1.82, 2.24) is 4.57 Å². The van der Waals surface area contributed by atoms with E-state index in [9.17, 15) is 14.9 Å². The van der Waals surface area contributed by atoms with Gasteiger partial charge in [-0.1, -0.05) is 25.5 Å². The van der Waals surface area contributed by atoms with Crippen LogP contribution in [-0.4, -0.2) is 17.6 Å². The fraction of sp³-hybridized carbons (Fsp3) is 0.318. The molecule has 150 valence electrons. The normalized spacial score (nSPS) is 15.3. The van der Waals surface area contributed by atoms with E-state index in [4.69, 9.17) is 15.2 Å². The maximum atomic E-state index is 13.3. The highest BCUT2D eigenvalue weighted by atomic mass is 16.5. The van der Waals surface area contributed by atoms with Crippen molar-refractivity contribution in [3.63, 3.8) is 0 Å². The van der Waals surface area contributed by atoms with Gasteiger partial charge in [-0.2, -0.15) is 5.26 Å². The number of nitrogens with two attached hydrogens (primary N) is 1. The summed E-state index contributed by atoms with van der Waals surface area (Å²) in [5.41, 5.74) is 8.30. The largest absolute Gasteiger partial charge is 0.465 e. The highest BCUT2D eigenvalue weighted by molar-refractivity contribution is 5.89. The summed E-state index contributed by atoms with van der Waals surface area (Å²) < 4.78 is 12.1. The average Bonchev–Trinajstić information content (AvgIpc) is 2.73. The smallest absolute Gasteiger partial charge is 0.337 e. The van der Waals surface area contributed by atoms with Crippen molar-refractivity contribution < 1.29 is 14.3 Å². The van der Waals surface area contributed by atoms with Crippen LogP contribution in [0.15, 0.2) is 46.6 Å². The molecule has 1 aromatic carbocycles. The standard InChI is InChI=1S/C22H23N3O4/c1-4-6-15-11-17-19(21(26)25(15)5-2)18(16(12-23)20(24)29-17)13-7-9-14(10-8-13)22(27)28-3/h7-11,18H,4-6,24H2,1-3H3. The van der Waals surface area contributed by atoms with Gasteiger partial charge in [0.15, 0.2) is 0 Å². The number of carbonyl (C=O) groups excluding carboxylic acids is 1. The SMILES string of the molecule is CCCc1cc2c(c(=O)n1CC)C(c1ccc(C(=O)OC)cc1)C(C#N)=C(N)O2. The Morgan fingerprint density at radius 2 is 2.00 bits per heavy atom. The number of esters is 1. The van der Waals surface area contributed by atoms with Gasteiger partial charge < -0.3 is 19.8 Å². The van der Waals surface area contributed by atoms with Gasteiger partial charge in [0.25, 0.3) is 5.56 Å². The van der Waals surface area contributed by atoms with E-state index in [0.29, 0.717) is 29.0 Å². The number of allylic oxidation sites excluding steroid dienone is 1. The Hall–Kier alpha value is -3.53. The number of hydrogen-bond acceptors (Lipinski definition) is 6. The fourth-order valence-corrected chi connectivity index (χ4v) is 3.69. The zero-order valence-corrected chi connectivity index (χ0v) is 16.7. The third-order valence-corrected chi connectivity index (χ3v) is 5.06. The quantitative estimate of drug-likeness (QED) is 0.783. The van der Waals surface area contributed by atoms with Crippen molar-refractivity contribution in [1.29, 1.82) is 5.26 Å². The molecule has 0 saturated carbocycles. The number of rotatable bonds is 5. The number of aromatic nitrogens is 1. The molecule has 1 aliphatic rings. The number of nitriles is 1. The summed E-state index contributed by atoms with van der Waals surface area (Å²) in [6, 6.07) is 10.5. The maximum absolute atomic E-state index is 13.3. The lowest BCUT2D eigenvalue weighted by Crippen LogP contribution is -2.33. The van der Waals surface area contributed by atoms with Gasteiger partial charge in [0.05, 0.1) is 24.2 Å². The van der Waals surface area contributed by atoms with Gasteiger partial charge in [0.1, 0.15) is 17.4 Å². The van der Waals surface area contributed by atoms with Crippen LogP contribution >= 0.6 is 0 Å². The summed E-state index contributed by atoms with van der Waals surface area (Å²) in [7, 11) is 1.31. The molecule has 0 radical (unpaired) electrons. The van der Waals surface area contributed by atoms with Crippen LogP contribution in [0.1, 0.15) is 53.4 Å². The van der Waals surface area contributed by atoms with Gasteiger partial charge in [-0.3, -0.25) is 4.79 Å². The number of aryl methyl sites for hydroxylation is 1. The van der Waals surface area contributed by atoms with Crippen LogP contribution in [0.4, 0.5) is 0 Å². The molecule has 0 aliphatic carbocycles. The monoisotopic (exact) mass is 393 g/mol. The summed E-state index contributed by atoms with van der Waals surface area (Å²) in [4.78, 5) is 25.1. The summed E-state index contributed by atoms with van der Waals surface area (Å²) in [6.07, 6.45) is 1.61. The van der Waals surface area contributed by atoms with Gasteiger partial charge in [0.2, 0.25) is 5.88 Å². The Morgan fingerprint density at radius 1 is 1.31 bits per heavy atom. The number of carbonyl (C=O) groups is 1. The zero-order valence-electron chi connectivity index (χ0n) is 16.7. The van der Waals surface area contributed by atoms with Gasteiger partial charge in [-0.15, -0.1) is 0 Å². The number of nitrogens with zero attached hydrogens (tertiary/aromatic N) is 2. The van der Waals surface area contributed by atoms with Crippen LogP contribution in [0.2, 0.25) is 0 Å². The molecule has 1 unspecified atom stereocenters. The summed E-state index contributed by atoms with van der Waals surface area (Å²) >= 11 is 0. The summed E-state index contributed by atoms with van der Waals surface area (Å²) in [5.74, 6) is -0.770. The number of fused-ring (bicyclic) bond motifs is 1. The second kappa shape index (κ2) is 8.23. The zero-order chi connectivity index (χ0) is 21.1. The first kappa shape index (κ1) is 20.2. The Bertz CT molecular complexity index is 1070. The van der Waals surface area contributed by atoms with Crippen molar-refractivity contribution in [3.05, 3.63) is 74.5 Å². The predicted octanol–water partition coefficient (Wildman–Crippen LogP) is 2.83. The lowest BCUT2D eigenvalue weighted by Gasteiger charge is -2.27. The lowest BCUT2D eigenvalue weighted by molar-refractivity contribution is 0.0600. The Kier molecular flexibility index (Phi) is 5.74. The highest BCUT2D eigenvalue weighted by Gasteiger charge is 2.34. The van der Waals surface area contributed by atoms with Crippen molar-refractivity contribution in [2.45, 2.75) is 39.2 Å². The van der Waals surface area contributed by atoms with Gasteiger partial charge in [-0.05, 0) is 31.0 Å². The van der Waals surface area contributed by atoms with Crippen LogP contribution < -0.4 is 16.0 Å². The molecular formula is C22H23N3O4. The van der Waals surface area contributed by atoms with Gasteiger partial charge in [-0.25, -0.2) is 4.79 Å². The number of pyridine rings is 1. The van der Waals surface area contributed by atoms with E-state index in [1.54, 1.807) is 28.8 Å². The third kappa shape index (κ3) is 3.49.